The molecule has 2 aromatic rings. The summed E-state index contributed by atoms with van der Waals surface area (Å²) in [5, 5.41) is 12.7. The van der Waals surface area contributed by atoms with Crippen LogP contribution in [0.5, 0.6) is 11.5 Å². The maximum Gasteiger partial charge on any atom is 0.411 e. The van der Waals surface area contributed by atoms with Gasteiger partial charge in [-0.25, -0.2) is 4.79 Å². The zero-order chi connectivity index (χ0) is 26.2. The summed E-state index contributed by atoms with van der Waals surface area (Å²) in [6, 6.07) is 14.7. The van der Waals surface area contributed by atoms with Gasteiger partial charge in [0, 0.05) is 12.5 Å². The van der Waals surface area contributed by atoms with Crippen molar-refractivity contribution in [3.8, 4) is 28.7 Å². The van der Waals surface area contributed by atoms with Crippen LogP contribution in [0, 0.1) is 17.2 Å². The molecule has 2 fully saturated rings. The first kappa shape index (κ1) is 24.9. The third kappa shape index (κ3) is 5.36. The highest BCUT2D eigenvalue weighted by Crippen LogP contribution is 2.43. The molecule has 8 heteroatoms. The summed E-state index contributed by atoms with van der Waals surface area (Å²) in [5.74, 6) is 1.31. The first-order valence-electron chi connectivity index (χ1n) is 12.9. The number of amides is 2. The second-order valence-electron chi connectivity index (χ2n) is 11.0. The van der Waals surface area contributed by atoms with E-state index < -0.39 is 23.8 Å². The largest absolute Gasteiger partial charge is 0.486 e. The Morgan fingerprint density at radius 1 is 1.08 bits per heavy atom. The van der Waals surface area contributed by atoms with Crippen molar-refractivity contribution in [2.75, 3.05) is 13.2 Å². The number of carbonyl (C=O) groups is 2. The number of rotatable bonds is 5. The van der Waals surface area contributed by atoms with Crippen molar-refractivity contribution >= 4 is 12.0 Å². The minimum Gasteiger partial charge on any atom is -0.486 e. The molecular formula is C29H33N3O5. The number of benzene rings is 2. The van der Waals surface area contributed by atoms with Crippen LogP contribution in [0.4, 0.5) is 4.79 Å². The lowest BCUT2D eigenvalue weighted by atomic mass is 9.97. The molecule has 0 spiro atoms. The van der Waals surface area contributed by atoms with Gasteiger partial charge in [-0.15, -0.1) is 0 Å². The molecule has 4 atom stereocenters. The monoisotopic (exact) mass is 503 g/mol. The van der Waals surface area contributed by atoms with Crippen LogP contribution < -0.4 is 14.8 Å². The molecule has 0 unspecified atom stereocenters. The summed E-state index contributed by atoms with van der Waals surface area (Å²) in [4.78, 5) is 27.8. The van der Waals surface area contributed by atoms with E-state index in [-0.39, 0.29) is 17.9 Å². The van der Waals surface area contributed by atoms with Crippen LogP contribution in [0.25, 0.3) is 11.1 Å². The van der Waals surface area contributed by atoms with Gasteiger partial charge in [0.2, 0.25) is 5.91 Å². The van der Waals surface area contributed by atoms with E-state index in [0.717, 1.165) is 47.5 Å². The Hall–Kier alpha value is -3.73. The molecule has 2 heterocycles. The summed E-state index contributed by atoms with van der Waals surface area (Å²) in [6.07, 6.45) is 2.50. The van der Waals surface area contributed by atoms with Gasteiger partial charge in [-0.2, -0.15) is 5.26 Å². The zero-order valence-electron chi connectivity index (χ0n) is 21.5. The number of fused-ring (bicyclic) bond motifs is 3. The molecule has 37 heavy (non-hydrogen) atoms. The van der Waals surface area contributed by atoms with Crippen LogP contribution in [0.1, 0.15) is 45.6 Å². The predicted molar refractivity (Wildman–Crippen MR) is 137 cm³/mol. The summed E-state index contributed by atoms with van der Waals surface area (Å²) in [7, 11) is 0. The highest BCUT2D eigenvalue weighted by atomic mass is 16.6. The average Bonchev–Trinajstić information content (AvgIpc) is 3.49. The molecule has 1 aliphatic carbocycles. The predicted octanol–water partition coefficient (Wildman–Crippen LogP) is 4.46. The number of nitriles is 1. The van der Waals surface area contributed by atoms with E-state index >= 15 is 0 Å². The van der Waals surface area contributed by atoms with Crippen molar-refractivity contribution in [1.82, 2.24) is 10.2 Å². The maximum atomic E-state index is 13.3. The van der Waals surface area contributed by atoms with Gasteiger partial charge in [0.1, 0.15) is 30.9 Å². The van der Waals surface area contributed by atoms with Crippen molar-refractivity contribution in [2.45, 2.75) is 70.2 Å². The van der Waals surface area contributed by atoms with Crippen LogP contribution in [0.2, 0.25) is 0 Å². The Labute approximate surface area is 217 Å². The number of hydrogen-bond donors (Lipinski definition) is 1. The molecule has 2 amide bonds. The molecule has 194 valence electrons. The number of nitrogens with one attached hydrogen (secondary N) is 1. The summed E-state index contributed by atoms with van der Waals surface area (Å²) in [6.45, 7) is 6.55. The molecule has 2 aliphatic heterocycles. The number of likely N-dealkylation sites (tertiary alicyclic amines) is 1. The lowest BCUT2D eigenvalue weighted by molar-refractivity contribution is -0.128. The normalized spacial score (nSPS) is 22.8. The fourth-order valence-corrected chi connectivity index (χ4v) is 5.58. The number of carbonyl (C=O) groups excluding carboxylic acids is 2. The van der Waals surface area contributed by atoms with Crippen LogP contribution in [0.3, 0.4) is 0 Å². The van der Waals surface area contributed by atoms with Gasteiger partial charge in [0.05, 0.1) is 6.07 Å². The Kier molecular flexibility index (Phi) is 6.72. The molecule has 0 radical (unpaired) electrons. The van der Waals surface area contributed by atoms with Gasteiger partial charge < -0.3 is 19.5 Å². The van der Waals surface area contributed by atoms with Gasteiger partial charge in [0.15, 0.2) is 11.5 Å². The van der Waals surface area contributed by atoms with Gasteiger partial charge >= 0.3 is 6.09 Å². The van der Waals surface area contributed by atoms with E-state index in [9.17, 15) is 14.9 Å². The van der Waals surface area contributed by atoms with Crippen LogP contribution >= 0.6 is 0 Å². The summed E-state index contributed by atoms with van der Waals surface area (Å²) < 4.78 is 16.9. The number of nitrogens with zero attached hydrogens (tertiary/aromatic N) is 2. The molecule has 5 rings (SSSR count). The standard InChI is InChI=1S/C29H33N3O5/c1-29(2,3)37-28(34)32-23-10-8-21(15-23)26(32)27(33)31-22(17-30)14-18-4-6-19(7-5-18)20-9-11-24-25(16-20)36-13-12-35-24/h4-7,9,11,16,21-23,26H,8,10,12-15H2,1-3H3,(H,31,33)/t21-,22-,23+,26-/m0/s1. The first-order valence-corrected chi connectivity index (χ1v) is 12.9. The number of piperidine rings is 1. The van der Waals surface area contributed by atoms with Crippen molar-refractivity contribution in [1.29, 1.82) is 5.26 Å². The van der Waals surface area contributed by atoms with Crippen LogP contribution in [-0.2, 0) is 16.0 Å². The molecule has 1 saturated heterocycles. The Balaban J connectivity index is 1.24. The lowest BCUT2D eigenvalue weighted by Gasteiger charge is -2.35. The highest BCUT2D eigenvalue weighted by Gasteiger charge is 2.52. The summed E-state index contributed by atoms with van der Waals surface area (Å²) in [5.41, 5.74) is 2.33. The second-order valence-corrected chi connectivity index (χ2v) is 11.0. The van der Waals surface area contributed by atoms with E-state index in [1.165, 1.54) is 0 Å². The number of hydrogen-bond acceptors (Lipinski definition) is 6. The fourth-order valence-electron chi connectivity index (χ4n) is 5.58. The van der Waals surface area contributed by atoms with E-state index in [0.29, 0.717) is 19.6 Å². The van der Waals surface area contributed by atoms with Gasteiger partial charge in [-0.1, -0.05) is 30.3 Å². The van der Waals surface area contributed by atoms with Crippen molar-refractivity contribution in [3.63, 3.8) is 0 Å². The van der Waals surface area contributed by atoms with Gasteiger partial charge in [-0.3, -0.25) is 9.69 Å². The van der Waals surface area contributed by atoms with E-state index in [4.69, 9.17) is 14.2 Å². The van der Waals surface area contributed by atoms with Crippen LogP contribution in [0.15, 0.2) is 42.5 Å². The second kappa shape index (κ2) is 9.97. The van der Waals surface area contributed by atoms with E-state index in [2.05, 4.69) is 11.4 Å². The molecule has 2 aromatic carbocycles. The van der Waals surface area contributed by atoms with Gasteiger partial charge in [0.25, 0.3) is 0 Å². The van der Waals surface area contributed by atoms with Crippen molar-refractivity contribution in [3.05, 3.63) is 48.0 Å². The molecule has 1 saturated carbocycles. The third-order valence-electron chi connectivity index (χ3n) is 7.20. The number of ether oxygens (including phenoxy) is 3. The van der Waals surface area contributed by atoms with Crippen LogP contribution in [-0.4, -0.2) is 53.8 Å². The maximum absolute atomic E-state index is 13.3. The van der Waals surface area contributed by atoms with Crippen molar-refractivity contribution < 1.29 is 23.8 Å². The Morgan fingerprint density at radius 3 is 2.49 bits per heavy atom. The third-order valence-corrected chi connectivity index (χ3v) is 7.20. The molecule has 2 bridgehead atoms. The van der Waals surface area contributed by atoms with Gasteiger partial charge in [-0.05, 0) is 74.8 Å². The minimum atomic E-state index is -0.702. The first-order chi connectivity index (χ1) is 17.7. The molecule has 3 aliphatic rings. The topological polar surface area (TPSA) is 101 Å². The minimum absolute atomic E-state index is 0.0178. The Morgan fingerprint density at radius 2 is 1.78 bits per heavy atom. The molecule has 0 aromatic heterocycles. The molecular weight excluding hydrogens is 470 g/mol. The average molecular weight is 504 g/mol. The Bertz CT molecular complexity index is 1210. The zero-order valence-corrected chi connectivity index (χ0v) is 21.5. The van der Waals surface area contributed by atoms with E-state index in [1.54, 1.807) is 4.90 Å². The smallest absolute Gasteiger partial charge is 0.411 e. The van der Waals surface area contributed by atoms with Crippen molar-refractivity contribution in [2.24, 2.45) is 5.92 Å². The molecule has 8 nitrogen and oxygen atoms in total. The highest BCUT2D eigenvalue weighted by molar-refractivity contribution is 5.87. The molecule has 1 N–H and O–H groups in total. The summed E-state index contributed by atoms with van der Waals surface area (Å²) >= 11 is 0. The fraction of sp³-hybridized carbons (Fsp3) is 0.483. The lowest BCUT2D eigenvalue weighted by Crippen LogP contribution is -2.55. The quantitative estimate of drug-likeness (QED) is 0.646. The SMILES string of the molecule is CC(C)(C)OC(=O)N1[C@@H]2CC[C@@H](C2)[C@H]1C(=O)N[C@H](C#N)Cc1ccc(-c2ccc3c(c2)OCCO3)cc1. The van der Waals surface area contributed by atoms with E-state index in [1.807, 2.05) is 63.2 Å².